The minimum absolute atomic E-state index is 0.635. The van der Waals surface area contributed by atoms with Crippen LogP contribution in [0.15, 0.2) is 52.9 Å². The average molecular weight is 396 g/mol. The number of ether oxygens (including phenoxy) is 1. The van der Waals surface area contributed by atoms with Crippen LogP contribution in [0.2, 0.25) is 0 Å². The summed E-state index contributed by atoms with van der Waals surface area (Å²) in [7, 11) is 0. The van der Waals surface area contributed by atoms with Crippen molar-refractivity contribution in [3.8, 4) is 5.75 Å². The summed E-state index contributed by atoms with van der Waals surface area (Å²) in [5, 5.41) is 12.7. The number of oxazole rings is 1. The quantitative estimate of drug-likeness (QED) is 0.472. The van der Waals surface area contributed by atoms with Crippen molar-refractivity contribution in [2.24, 2.45) is 0 Å². The van der Waals surface area contributed by atoms with E-state index in [0.29, 0.717) is 5.75 Å². The van der Waals surface area contributed by atoms with Crippen LogP contribution in [-0.4, -0.2) is 34.8 Å². The van der Waals surface area contributed by atoms with Crippen LogP contribution in [0.1, 0.15) is 38.1 Å². The molecular formula is C23H28N2O4. The van der Waals surface area contributed by atoms with Gasteiger partial charge in [0.2, 0.25) is 0 Å². The molecule has 0 amide bonds. The molecule has 154 valence electrons. The molecule has 1 heterocycles. The number of rotatable bonds is 11. The van der Waals surface area contributed by atoms with Gasteiger partial charge in [-0.25, -0.2) is 9.78 Å². The molecule has 2 aromatic carbocycles. The zero-order valence-corrected chi connectivity index (χ0v) is 17.0. The second-order valence-corrected chi connectivity index (χ2v) is 7.56. The van der Waals surface area contributed by atoms with Crippen molar-refractivity contribution >= 4 is 17.1 Å². The van der Waals surface area contributed by atoms with E-state index in [2.05, 4.69) is 10.3 Å². The van der Waals surface area contributed by atoms with Crippen LogP contribution in [0.4, 0.5) is 0 Å². The van der Waals surface area contributed by atoms with Crippen LogP contribution < -0.4 is 10.1 Å². The summed E-state index contributed by atoms with van der Waals surface area (Å²) in [4.78, 5) is 15.8. The third kappa shape index (κ3) is 5.81. The van der Waals surface area contributed by atoms with Crippen molar-refractivity contribution in [3.05, 3.63) is 60.0 Å². The van der Waals surface area contributed by atoms with Gasteiger partial charge in [0.15, 0.2) is 17.1 Å². The first-order valence-electron chi connectivity index (χ1n) is 10.0. The first kappa shape index (κ1) is 20.9. The zero-order chi connectivity index (χ0) is 20.7. The standard InChI is InChI=1S/C23H28N2O4/c1-23(2,22(26)27)29-19-12-5-3-9-17(19)10-7-15-24-16-8-14-21-25-18-11-4-6-13-20(18)28-21/h3-6,9,11-13,24H,7-8,10,14-16H2,1-2H3,(H,26,27). The highest BCUT2D eigenvalue weighted by Crippen LogP contribution is 2.24. The number of aliphatic carboxylic acids is 1. The molecule has 0 spiro atoms. The summed E-state index contributed by atoms with van der Waals surface area (Å²) in [5.41, 5.74) is 1.51. The molecule has 6 heteroatoms. The van der Waals surface area contributed by atoms with Gasteiger partial charge in [0.25, 0.3) is 0 Å². The van der Waals surface area contributed by atoms with E-state index < -0.39 is 11.6 Å². The van der Waals surface area contributed by atoms with Gasteiger partial charge < -0.3 is 19.6 Å². The highest BCUT2D eigenvalue weighted by atomic mass is 16.5. The summed E-state index contributed by atoms with van der Waals surface area (Å²) in [6.07, 6.45) is 3.53. The van der Waals surface area contributed by atoms with Gasteiger partial charge in [-0.05, 0) is 70.0 Å². The number of para-hydroxylation sites is 3. The molecule has 0 aliphatic rings. The van der Waals surface area contributed by atoms with Crippen molar-refractivity contribution in [3.63, 3.8) is 0 Å². The average Bonchev–Trinajstić information content (AvgIpc) is 3.11. The highest BCUT2D eigenvalue weighted by molar-refractivity contribution is 5.76. The van der Waals surface area contributed by atoms with Crippen molar-refractivity contribution < 1.29 is 19.1 Å². The van der Waals surface area contributed by atoms with E-state index in [9.17, 15) is 9.90 Å². The number of aryl methyl sites for hydroxylation is 2. The maximum Gasteiger partial charge on any atom is 0.347 e. The lowest BCUT2D eigenvalue weighted by Gasteiger charge is -2.23. The number of nitrogens with zero attached hydrogens (tertiary/aromatic N) is 1. The number of aromatic nitrogens is 1. The van der Waals surface area contributed by atoms with E-state index in [4.69, 9.17) is 9.15 Å². The van der Waals surface area contributed by atoms with Gasteiger partial charge in [-0.2, -0.15) is 0 Å². The molecule has 29 heavy (non-hydrogen) atoms. The van der Waals surface area contributed by atoms with E-state index in [1.54, 1.807) is 13.8 Å². The van der Waals surface area contributed by atoms with Crippen LogP contribution in [0.3, 0.4) is 0 Å². The smallest absolute Gasteiger partial charge is 0.347 e. The summed E-state index contributed by atoms with van der Waals surface area (Å²) < 4.78 is 11.5. The Morgan fingerprint density at radius 1 is 1.07 bits per heavy atom. The molecule has 3 aromatic rings. The molecule has 0 unspecified atom stereocenters. The lowest BCUT2D eigenvalue weighted by atomic mass is 10.1. The molecule has 0 radical (unpaired) electrons. The fourth-order valence-electron chi connectivity index (χ4n) is 3.05. The SMILES string of the molecule is CC(C)(Oc1ccccc1CCCNCCCc1nc2ccccc2o1)C(=O)O. The number of carbonyl (C=O) groups is 1. The summed E-state index contributed by atoms with van der Waals surface area (Å²) >= 11 is 0. The first-order chi connectivity index (χ1) is 14.0. The van der Waals surface area contributed by atoms with Crippen LogP contribution >= 0.6 is 0 Å². The van der Waals surface area contributed by atoms with E-state index >= 15 is 0 Å². The third-order valence-electron chi connectivity index (χ3n) is 4.73. The van der Waals surface area contributed by atoms with Crippen LogP contribution in [0, 0.1) is 0 Å². The number of benzene rings is 2. The maximum atomic E-state index is 11.3. The number of nitrogens with one attached hydrogen (secondary N) is 1. The lowest BCUT2D eigenvalue weighted by Crippen LogP contribution is -2.38. The Morgan fingerprint density at radius 2 is 1.76 bits per heavy atom. The molecule has 0 saturated carbocycles. The highest BCUT2D eigenvalue weighted by Gasteiger charge is 2.30. The Labute approximate surface area is 170 Å². The number of fused-ring (bicyclic) bond motifs is 1. The Hall–Kier alpha value is -2.86. The summed E-state index contributed by atoms with van der Waals surface area (Å²) in [5.74, 6) is 0.434. The van der Waals surface area contributed by atoms with Crippen LogP contribution in [0.25, 0.3) is 11.1 Å². The maximum absolute atomic E-state index is 11.3. The summed E-state index contributed by atoms with van der Waals surface area (Å²) in [6.45, 7) is 4.89. The molecule has 2 N–H and O–H groups in total. The van der Waals surface area contributed by atoms with Crippen molar-refractivity contribution in [2.75, 3.05) is 13.1 Å². The molecule has 0 aliphatic heterocycles. The van der Waals surface area contributed by atoms with Crippen molar-refractivity contribution in [1.29, 1.82) is 0 Å². The van der Waals surface area contributed by atoms with E-state index in [1.165, 1.54) is 0 Å². The second kappa shape index (κ2) is 9.56. The van der Waals surface area contributed by atoms with Gasteiger partial charge in [-0.3, -0.25) is 0 Å². The van der Waals surface area contributed by atoms with Crippen molar-refractivity contribution in [1.82, 2.24) is 10.3 Å². The van der Waals surface area contributed by atoms with Gasteiger partial charge in [0, 0.05) is 6.42 Å². The number of hydrogen-bond donors (Lipinski definition) is 2. The van der Waals surface area contributed by atoms with Gasteiger partial charge in [0.05, 0.1) is 0 Å². The molecule has 0 saturated heterocycles. The summed E-state index contributed by atoms with van der Waals surface area (Å²) in [6, 6.07) is 15.4. The predicted molar refractivity (Wildman–Crippen MR) is 112 cm³/mol. The molecule has 3 rings (SSSR count). The number of carboxylic acid groups (broad SMARTS) is 1. The van der Waals surface area contributed by atoms with Gasteiger partial charge in [-0.15, -0.1) is 0 Å². The monoisotopic (exact) mass is 396 g/mol. The molecule has 0 fully saturated rings. The largest absolute Gasteiger partial charge is 0.478 e. The second-order valence-electron chi connectivity index (χ2n) is 7.56. The predicted octanol–water partition coefficient (Wildman–Crippen LogP) is 4.22. The fraction of sp³-hybridized carbons (Fsp3) is 0.391. The zero-order valence-electron chi connectivity index (χ0n) is 17.0. The van der Waals surface area contributed by atoms with Gasteiger partial charge in [0.1, 0.15) is 11.3 Å². The van der Waals surface area contributed by atoms with Gasteiger partial charge >= 0.3 is 5.97 Å². The normalized spacial score (nSPS) is 11.7. The number of carboxylic acids is 1. The van der Waals surface area contributed by atoms with Crippen molar-refractivity contribution in [2.45, 2.75) is 45.1 Å². The minimum Gasteiger partial charge on any atom is -0.478 e. The molecule has 0 bridgehead atoms. The first-order valence-corrected chi connectivity index (χ1v) is 10.0. The molecule has 1 aromatic heterocycles. The topological polar surface area (TPSA) is 84.6 Å². The Morgan fingerprint density at radius 3 is 2.52 bits per heavy atom. The van der Waals surface area contributed by atoms with Crippen LogP contribution in [-0.2, 0) is 17.6 Å². The Kier molecular flexibility index (Phi) is 6.88. The third-order valence-corrected chi connectivity index (χ3v) is 4.73. The van der Waals surface area contributed by atoms with Gasteiger partial charge in [-0.1, -0.05) is 30.3 Å². The fourth-order valence-corrected chi connectivity index (χ4v) is 3.05. The van der Waals surface area contributed by atoms with E-state index in [1.807, 2.05) is 48.5 Å². The minimum atomic E-state index is -1.25. The molecule has 0 aliphatic carbocycles. The van der Waals surface area contributed by atoms with E-state index in [-0.39, 0.29) is 0 Å². The molecule has 0 atom stereocenters. The van der Waals surface area contributed by atoms with E-state index in [0.717, 1.165) is 61.3 Å². The van der Waals surface area contributed by atoms with Crippen LogP contribution in [0.5, 0.6) is 5.75 Å². The molecular weight excluding hydrogens is 368 g/mol. The molecule has 6 nitrogen and oxygen atoms in total. The number of hydrogen-bond acceptors (Lipinski definition) is 5. The Balaban J connectivity index is 1.38. The Bertz CT molecular complexity index is 916. The lowest BCUT2D eigenvalue weighted by molar-refractivity contribution is -0.152.